The molecular formula is C29H28N8O2S3. The maximum absolute atomic E-state index is 13.0. The van der Waals surface area contributed by atoms with Gasteiger partial charge < -0.3 is 5.32 Å². The molecule has 0 bridgehead atoms. The zero-order chi connectivity index (χ0) is 29.1. The van der Waals surface area contributed by atoms with Crippen LogP contribution >= 0.6 is 22.7 Å². The molecule has 1 atom stereocenters. The molecule has 1 unspecified atom stereocenters. The van der Waals surface area contributed by atoms with Crippen molar-refractivity contribution in [2.24, 2.45) is 5.92 Å². The molecule has 0 saturated heterocycles. The van der Waals surface area contributed by atoms with E-state index in [1.807, 2.05) is 29.2 Å². The number of rotatable bonds is 10. The Morgan fingerprint density at radius 3 is 2.60 bits per heavy atom. The van der Waals surface area contributed by atoms with Gasteiger partial charge in [-0.3, -0.25) is 9.40 Å². The summed E-state index contributed by atoms with van der Waals surface area (Å²) < 4.78 is 30.7. The lowest BCUT2D eigenvalue weighted by atomic mass is 9.96. The minimum absolute atomic E-state index is 0.0747. The van der Waals surface area contributed by atoms with Gasteiger partial charge in [-0.05, 0) is 68.1 Å². The zero-order valence-electron chi connectivity index (χ0n) is 22.8. The molecule has 5 aromatic rings. The van der Waals surface area contributed by atoms with E-state index < -0.39 is 10.0 Å². The smallest absolute Gasteiger partial charge is 0.271 e. The van der Waals surface area contributed by atoms with Crippen LogP contribution in [-0.4, -0.2) is 33.2 Å². The van der Waals surface area contributed by atoms with Crippen molar-refractivity contribution in [1.29, 1.82) is 5.26 Å². The largest absolute Gasteiger partial charge is 0.324 e. The molecule has 0 aliphatic heterocycles. The Morgan fingerprint density at radius 1 is 1.07 bits per heavy atom. The summed E-state index contributed by atoms with van der Waals surface area (Å²) in [6.07, 6.45) is 10.5. The quantitative estimate of drug-likeness (QED) is 0.171. The summed E-state index contributed by atoms with van der Waals surface area (Å²) in [5, 5.41) is 20.0. The zero-order valence-corrected chi connectivity index (χ0v) is 25.2. The lowest BCUT2D eigenvalue weighted by molar-refractivity contribution is 0.315. The molecular weight excluding hydrogens is 589 g/mol. The van der Waals surface area contributed by atoms with E-state index in [4.69, 9.17) is 0 Å². The van der Waals surface area contributed by atoms with Gasteiger partial charge in [0.1, 0.15) is 4.21 Å². The fraction of sp³-hybridized carbons (Fsp3) is 0.276. The van der Waals surface area contributed by atoms with Crippen molar-refractivity contribution < 1.29 is 8.42 Å². The monoisotopic (exact) mass is 616 g/mol. The topological polar surface area (TPSA) is 138 Å². The van der Waals surface area contributed by atoms with Crippen molar-refractivity contribution >= 4 is 50.0 Å². The normalized spacial score (nSPS) is 14.5. The van der Waals surface area contributed by atoms with E-state index in [1.54, 1.807) is 48.8 Å². The van der Waals surface area contributed by atoms with E-state index in [9.17, 15) is 13.7 Å². The molecule has 2 N–H and O–H groups in total. The molecule has 13 heteroatoms. The molecule has 214 valence electrons. The minimum atomic E-state index is -3.74. The Hall–Kier alpha value is -4.12. The highest BCUT2D eigenvalue weighted by molar-refractivity contribution is 7.94. The first-order valence-corrected chi connectivity index (χ1v) is 16.7. The number of aryl methyl sites for hydroxylation is 1. The third-order valence-electron chi connectivity index (χ3n) is 7.25. The number of sulfonamides is 1. The summed E-state index contributed by atoms with van der Waals surface area (Å²) in [6.45, 7) is 1.92. The molecule has 6 rings (SSSR count). The molecule has 1 fully saturated rings. The maximum Gasteiger partial charge on any atom is 0.271 e. The van der Waals surface area contributed by atoms with E-state index in [-0.39, 0.29) is 10.3 Å². The molecule has 4 aromatic heterocycles. The molecule has 1 saturated carbocycles. The van der Waals surface area contributed by atoms with Gasteiger partial charge in [0.25, 0.3) is 10.0 Å². The van der Waals surface area contributed by atoms with Crippen LogP contribution in [0.15, 0.2) is 70.6 Å². The van der Waals surface area contributed by atoms with E-state index in [0.717, 1.165) is 34.0 Å². The van der Waals surface area contributed by atoms with Crippen LogP contribution in [-0.2, 0) is 10.0 Å². The number of anilines is 3. The number of nitriles is 1. The number of hydrogen-bond donors (Lipinski definition) is 2. The Balaban J connectivity index is 1.12. The van der Waals surface area contributed by atoms with Crippen LogP contribution in [0.3, 0.4) is 0 Å². The average Bonchev–Trinajstić information content (AvgIpc) is 3.80. The molecule has 1 aliphatic rings. The summed E-state index contributed by atoms with van der Waals surface area (Å²) in [5.74, 6) is 0.879. The number of thiophene rings is 1. The van der Waals surface area contributed by atoms with Crippen LogP contribution in [0, 0.1) is 24.2 Å². The predicted octanol–water partition coefficient (Wildman–Crippen LogP) is 7.02. The van der Waals surface area contributed by atoms with Crippen molar-refractivity contribution in [1.82, 2.24) is 24.7 Å². The number of hydrogen-bond acceptors (Lipinski definition) is 10. The number of benzene rings is 1. The first kappa shape index (κ1) is 28.0. The van der Waals surface area contributed by atoms with Crippen molar-refractivity contribution in [3.05, 3.63) is 71.4 Å². The summed E-state index contributed by atoms with van der Waals surface area (Å²) in [7, 11) is -3.74. The number of nitrogens with zero attached hydrogens (tertiary/aromatic N) is 6. The second-order valence-electron chi connectivity index (χ2n) is 10.1. The standard InChI is InChI=1S/C29H28N8O2S3/c1-19-33-25(18-40-19)27-10-11-28(41-27)42(38,39)36-23-8-6-22(7-9-23)34-29-31-15-13-24(35-29)21-16-32-37(17-21)26(12-14-30)20-4-2-3-5-20/h6-11,13,15-18,20,26,36H,2-5,12H2,1H3,(H,31,34,35). The summed E-state index contributed by atoms with van der Waals surface area (Å²) in [4.78, 5) is 14.2. The van der Waals surface area contributed by atoms with Crippen LogP contribution in [0.2, 0.25) is 0 Å². The van der Waals surface area contributed by atoms with E-state index in [2.05, 4.69) is 36.2 Å². The lowest BCUT2D eigenvalue weighted by Gasteiger charge is -2.21. The predicted molar refractivity (Wildman–Crippen MR) is 165 cm³/mol. The van der Waals surface area contributed by atoms with Crippen molar-refractivity contribution in [3.63, 3.8) is 0 Å². The highest BCUT2D eigenvalue weighted by Crippen LogP contribution is 2.36. The van der Waals surface area contributed by atoms with Crippen molar-refractivity contribution in [2.75, 3.05) is 10.0 Å². The van der Waals surface area contributed by atoms with Gasteiger partial charge in [-0.25, -0.2) is 23.4 Å². The SMILES string of the molecule is Cc1nc(-c2ccc(S(=O)(=O)Nc3ccc(Nc4nccc(-c5cnn(C(CC#N)C6CCCC6)c5)n4)cc3)s2)cs1. The van der Waals surface area contributed by atoms with Gasteiger partial charge in [-0.15, -0.1) is 22.7 Å². The summed E-state index contributed by atoms with van der Waals surface area (Å²) in [5.41, 5.74) is 3.50. The average molecular weight is 617 g/mol. The van der Waals surface area contributed by atoms with Gasteiger partial charge in [0.05, 0.1) is 46.0 Å². The van der Waals surface area contributed by atoms with Gasteiger partial charge in [-0.2, -0.15) is 10.4 Å². The van der Waals surface area contributed by atoms with E-state index >= 15 is 0 Å². The molecule has 1 aliphatic carbocycles. The van der Waals surface area contributed by atoms with E-state index in [0.29, 0.717) is 35.4 Å². The first-order valence-electron chi connectivity index (χ1n) is 13.5. The van der Waals surface area contributed by atoms with Crippen LogP contribution in [0.5, 0.6) is 0 Å². The van der Waals surface area contributed by atoms with Crippen LogP contribution in [0.1, 0.15) is 43.2 Å². The fourth-order valence-electron chi connectivity index (χ4n) is 5.18. The Morgan fingerprint density at radius 2 is 1.86 bits per heavy atom. The van der Waals surface area contributed by atoms with Gasteiger partial charge in [0, 0.05) is 34.7 Å². The van der Waals surface area contributed by atoms with Crippen molar-refractivity contribution in [2.45, 2.75) is 49.3 Å². The van der Waals surface area contributed by atoms with Crippen molar-refractivity contribution in [3.8, 4) is 27.9 Å². The maximum atomic E-state index is 13.0. The van der Waals surface area contributed by atoms with Crippen LogP contribution in [0.25, 0.3) is 21.8 Å². The second-order valence-corrected chi connectivity index (χ2v) is 14.2. The summed E-state index contributed by atoms with van der Waals surface area (Å²) in [6, 6.07) is 14.5. The molecule has 0 amide bonds. The third-order valence-corrected chi connectivity index (χ3v) is 11.0. The Kier molecular flexibility index (Phi) is 8.01. The van der Waals surface area contributed by atoms with Gasteiger partial charge in [0.15, 0.2) is 0 Å². The third kappa shape index (κ3) is 6.20. The highest BCUT2D eigenvalue weighted by atomic mass is 32.2. The number of aromatic nitrogens is 5. The molecule has 0 radical (unpaired) electrons. The summed E-state index contributed by atoms with van der Waals surface area (Å²) >= 11 is 2.72. The molecule has 4 heterocycles. The van der Waals surface area contributed by atoms with E-state index in [1.165, 1.54) is 35.5 Å². The number of nitrogens with one attached hydrogen (secondary N) is 2. The highest BCUT2D eigenvalue weighted by Gasteiger charge is 2.27. The lowest BCUT2D eigenvalue weighted by Crippen LogP contribution is -2.17. The van der Waals surface area contributed by atoms with Gasteiger partial charge >= 0.3 is 0 Å². The number of thiazole rings is 1. The Bertz CT molecular complexity index is 1830. The fourth-order valence-corrected chi connectivity index (χ4v) is 8.19. The molecule has 0 spiro atoms. The Labute approximate surface area is 252 Å². The minimum Gasteiger partial charge on any atom is -0.324 e. The molecule has 10 nitrogen and oxygen atoms in total. The van der Waals surface area contributed by atoms with Gasteiger partial charge in [-0.1, -0.05) is 12.8 Å². The van der Waals surface area contributed by atoms with Crippen LogP contribution in [0.4, 0.5) is 17.3 Å². The van der Waals surface area contributed by atoms with Gasteiger partial charge in [0.2, 0.25) is 5.95 Å². The first-order chi connectivity index (χ1) is 20.4. The molecule has 42 heavy (non-hydrogen) atoms. The molecule has 1 aromatic carbocycles. The second kappa shape index (κ2) is 12.0. The van der Waals surface area contributed by atoms with Crippen LogP contribution < -0.4 is 10.0 Å².